The van der Waals surface area contributed by atoms with E-state index in [0.717, 1.165) is 16.9 Å². The summed E-state index contributed by atoms with van der Waals surface area (Å²) in [4.78, 5) is 0. The summed E-state index contributed by atoms with van der Waals surface area (Å²) in [7, 11) is 0. The molecule has 0 fully saturated rings. The van der Waals surface area contributed by atoms with Gasteiger partial charge in [0, 0.05) is 5.56 Å². The van der Waals surface area contributed by atoms with Gasteiger partial charge in [-0.25, -0.2) is 0 Å². The molecule has 0 saturated carbocycles. The smallest absolute Gasteiger partial charge is 0.123 e. The van der Waals surface area contributed by atoms with E-state index >= 15 is 0 Å². The van der Waals surface area contributed by atoms with Crippen molar-refractivity contribution in [2.75, 3.05) is 13.2 Å². The summed E-state index contributed by atoms with van der Waals surface area (Å²) in [6.45, 7) is 6.99. The highest BCUT2D eigenvalue weighted by atomic mass is 16.5. The molecule has 0 aliphatic carbocycles. The number of ether oxygens (including phenoxy) is 2. The van der Waals surface area contributed by atoms with Crippen molar-refractivity contribution in [2.24, 2.45) is 5.73 Å². The first kappa shape index (κ1) is 13.5. The molecule has 3 N–H and O–H groups in total. The third-order valence-electron chi connectivity index (χ3n) is 2.29. The Morgan fingerprint density at radius 2 is 2.06 bits per heavy atom. The summed E-state index contributed by atoms with van der Waals surface area (Å²) in [5, 5.41) is 7.38. The van der Waals surface area contributed by atoms with E-state index in [4.69, 9.17) is 20.6 Å². The molecule has 4 nitrogen and oxygen atoms in total. The zero-order valence-corrected chi connectivity index (χ0v) is 10.6. The van der Waals surface area contributed by atoms with E-state index in [9.17, 15) is 0 Å². The molecule has 1 aromatic rings. The van der Waals surface area contributed by atoms with E-state index in [1.165, 1.54) is 0 Å². The third-order valence-corrected chi connectivity index (χ3v) is 2.29. The monoisotopic (exact) mass is 236 g/mol. The van der Waals surface area contributed by atoms with Crippen molar-refractivity contribution in [3.8, 4) is 5.75 Å². The molecule has 4 heteroatoms. The molecular weight excluding hydrogens is 216 g/mol. The normalized spacial score (nSPS) is 10.6. The number of rotatable bonds is 6. The molecule has 0 saturated heterocycles. The number of hydrogen-bond acceptors (Lipinski definition) is 3. The van der Waals surface area contributed by atoms with Crippen molar-refractivity contribution in [2.45, 2.75) is 26.9 Å². The minimum absolute atomic E-state index is 0.0807. The van der Waals surface area contributed by atoms with Crippen LogP contribution in [0.1, 0.15) is 25.0 Å². The average Bonchev–Trinajstić information content (AvgIpc) is 2.23. The minimum atomic E-state index is 0.0807. The van der Waals surface area contributed by atoms with E-state index < -0.39 is 0 Å². The first-order valence-electron chi connectivity index (χ1n) is 5.70. The topological polar surface area (TPSA) is 68.3 Å². The van der Waals surface area contributed by atoms with Gasteiger partial charge in [0.05, 0.1) is 12.7 Å². The number of aryl methyl sites for hydroxylation is 1. The van der Waals surface area contributed by atoms with Gasteiger partial charge in [0.25, 0.3) is 0 Å². The number of benzene rings is 1. The van der Waals surface area contributed by atoms with Crippen LogP contribution in [-0.2, 0) is 4.74 Å². The molecule has 0 aromatic heterocycles. The van der Waals surface area contributed by atoms with E-state index in [1.807, 2.05) is 32.9 Å². The van der Waals surface area contributed by atoms with Crippen LogP contribution >= 0.6 is 0 Å². The molecule has 0 amide bonds. The highest BCUT2D eigenvalue weighted by molar-refractivity contribution is 5.96. The standard InChI is InChI=1S/C13H20N2O2/c1-9(2)16-6-7-17-11-4-5-12(13(14)15)10(3)8-11/h4-5,8-9H,6-7H2,1-3H3,(H3,14,15). The Bertz CT molecular complexity index is 389. The van der Waals surface area contributed by atoms with Crippen LogP contribution in [0.15, 0.2) is 18.2 Å². The summed E-state index contributed by atoms with van der Waals surface area (Å²) < 4.78 is 10.9. The fraction of sp³-hybridized carbons (Fsp3) is 0.462. The Balaban J connectivity index is 2.50. The molecule has 0 atom stereocenters. The number of amidine groups is 1. The lowest BCUT2D eigenvalue weighted by atomic mass is 10.1. The summed E-state index contributed by atoms with van der Waals surface area (Å²) in [5.41, 5.74) is 7.13. The van der Waals surface area contributed by atoms with E-state index in [-0.39, 0.29) is 11.9 Å². The van der Waals surface area contributed by atoms with Crippen molar-refractivity contribution in [3.05, 3.63) is 29.3 Å². The zero-order valence-electron chi connectivity index (χ0n) is 10.6. The molecule has 0 radical (unpaired) electrons. The van der Waals surface area contributed by atoms with Crippen LogP contribution in [0, 0.1) is 12.3 Å². The summed E-state index contributed by atoms with van der Waals surface area (Å²) in [6.07, 6.45) is 0.223. The molecule has 0 heterocycles. The molecule has 94 valence electrons. The minimum Gasteiger partial charge on any atom is -0.491 e. The lowest BCUT2D eigenvalue weighted by molar-refractivity contribution is 0.0552. The van der Waals surface area contributed by atoms with Gasteiger partial charge < -0.3 is 15.2 Å². The number of hydrogen-bond donors (Lipinski definition) is 2. The first-order chi connectivity index (χ1) is 8.00. The summed E-state index contributed by atoms with van der Waals surface area (Å²) >= 11 is 0. The van der Waals surface area contributed by atoms with Crippen molar-refractivity contribution >= 4 is 5.84 Å². The molecule has 17 heavy (non-hydrogen) atoms. The van der Waals surface area contributed by atoms with Crippen molar-refractivity contribution in [3.63, 3.8) is 0 Å². The molecule has 0 spiro atoms. The number of nitrogens with two attached hydrogens (primary N) is 1. The third kappa shape index (κ3) is 4.44. The van der Waals surface area contributed by atoms with Gasteiger partial charge in [0.2, 0.25) is 0 Å². The van der Waals surface area contributed by atoms with Gasteiger partial charge in [0.1, 0.15) is 18.2 Å². The van der Waals surface area contributed by atoms with Crippen molar-refractivity contribution < 1.29 is 9.47 Å². The number of nitrogen functional groups attached to an aromatic ring is 1. The molecule has 0 unspecified atom stereocenters. The van der Waals surface area contributed by atoms with E-state index in [1.54, 1.807) is 6.07 Å². The maximum Gasteiger partial charge on any atom is 0.123 e. The number of nitrogens with one attached hydrogen (secondary N) is 1. The largest absolute Gasteiger partial charge is 0.491 e. The summed E-state index contributed by atoms with van der Waals surface area (Å²) in [5.74, 6) is 0.858. The molecule has 0 bridgehead atoms. The predicted molar refractivity (Wildman–Crippen MR) is 68.8 cm³/mol. The van der Waals surface area contributed by atoms with Gasteiger partial charge in [-0.2, -0.15) is 0 Å². The highest BCUT2D eigenvalue weighted by Gasteiger charge is 2.03. The fourth-order valence-electron chi connectivity index (χ4n) is 1.47. The van der Waals surface area contributed by atoms with Gasteiger partial charge in [-0.15, -0.1) is 0 Å². The van der Waals surface area contributed by atoms with E-state index in [2.05, 4.69) is 0 Å². The van der Waals surface area contributed by atoms with Crippen LogP contribution in [0.3, 0.4) is 0 Å². The maximum absolute atomic E-state index is 7.38. The Morgan fingerprint density at radius 1 is 1.35 bits per heavy atom. The predicted octanol–water partition coefficient (Wildman–Crippen LogP) is 2.08. The molecule has 1 aromatic carbocycles. The summed E-state index contributed by atoms with van der Waals surface area (Å²) in [6, 6.07) is 5.50. The molecule has 0 aliphatic rings. The lowest BCUT2D eigenvalue weighted by Gasteiger charge is -2.11. The van der Waals surface area contributed by atoms with Crippen LogP contribution in [0.5, 0.6) is 5.75 Å². The van der Waals surface area contributed by atoms with Crippen molar-refractivity contribution in [1.82, 2.24) is 0 Å². The van der Waals surface area contributed by atoms with Crippen LogP contribution in [0.25, 0.3) is 0 Å². The van der Waals surface area contributed by atoms with Crippen molar-refractivity contribution in [1.29, 1.82) is 5.41 Å². The second-order valence-electron chi connectivity index (χ2n) is 4.16. The Kier molecular flexibility index (Phi) is 4.97. The molecule has 1 rings (SSSR count). The second-order valence-corrected chi connectivity index (χ2v) is 4.16. The Hall–Kier alpha value is -1.55. The second kappa shape index (κ2) is 6.25. The van der Waals surface area contributed by atoms with Gasteiger partial charge in [-0.3, -0.25) is 5.41 Å². The SMILES string of the molecule is Cc1cc(OCCOC(C)C)ccc1C(=N)N. The van der Waals surface area contributed by atoms with Crippen LogP contribution < -0.4 is 10.5 Å². The van der Waals surface area contributed by atoms with Gasteiger partial charge in [-0.1, -0.05) is 0 Å². The Morgan fingerprint density at radius 3 is 2.59 bits per heavy atom. The zero-order chi connectivity index (χ0) is 12.8. The van der Waals surface area contributed by atoms with Crippen LogP contribution in [0.2, 0.25) is 0 Å². The van der Waals surface area contributed by atoms with Gasteiger partial charge in [0.15, 0.2) is 0 Å². The average molecular weight is 236 g/mol. The molecular formula is C13H20N2O2. The van der Waals surface area contributed by atoms with Crippen LogP contribution in [0.4, 0.5) is 0 Å². The lowest BCUT2D eigenvalue weighted by Crippen LogP contribution is -2.13. The highest BCUT2D eigenvalue weighted by Crippen LogP contribution is 2.16. The quantitative estimate of drug-likeness (QED) is 0.451. The van der Waals surface area contributed by atoms with E-state index in [0.29, 0.717) is 13.2 Å². The Labute approximate surface area is 102 Å². The fourth-order valence-corrected chi connectivity index (χ4v) is 1.47. The molecule has 0 aliphatic heterocycles. The van der Waals surface area contributed by atoms with Crippen LogP contribution in [-0.4, -0.2) is 25.2 Å². The first-order valence-corrected chi connectivity index (χ1v) is 5.70. The van der Waals surface area contributed by atoms with Gasteiger partial charge in [-0.05, 0) is 44.5 Å². The van der Waals surface area contributed by atoms with Gasteiger partial charge >= 0.3 is 0 Å². The maximum atomic E-state index is 7.38.